The minimum absolute atomic E-state index is 0.134. The molecule has 1 aromatic heterocycles. The number of hydrogen-bond donors (Lipinski definition) is 1. The largest absolute Gasteiger partial charge is 0.491 e. The van der Waals surface area contributed by atoms with Gasteiger partial charge in [-0.15, -0.1) is 0 Å². The lowest BCUT2D eigenvalue weighted by Gasteiger charge is -2.44. The lowest BCUT2D eigenvalue weighted by atomic mass is 9.71. The number of aromatic nitrogens is 1. The minimum Gasteiger partial charge on any atom is -0.491 e. The normalized spacial score (nSPS) is 19.1. The van der Waals surface area contributed by atoms with Crippen LogP contribution in [0.1, 0.15) is 68.8 Å². The van der Waals surface area contributed by atoms with Crippen molar-refractivity contribution in [2.45, 2.75) is 70.8 Å². The number of nitrogens with zero attached hydrogens (tertiary/aromatic N) is 4. The number of piperidine rings is 2. The van der Waals surface area contributed by atoms with Crippen molar-refractivity contribution in [3.63, 3.8) is 0 Å². The Morgan fingerprint density at radius 2 is 1.75 bits per heavy atom. The third-order valence-corrected chi connectivity index (χ3v) is 9.08. The summed E-state index contributed by atoms with van der Waals surface area (Å²) in [4.78, 5) is 34.8. The zero-order chi connectivity index (χ0) is 32.4. The Morgan fingerprint density at radius 3 is 2.30 bits per heavy atom. The van der Waals surface area contributed by atoms with Gasteiger partial charge in [0.05, 0.1) is 11.7 Å². The molecule has 3 heterocycles. The van der Waals surface area contributed by atoms with E-state index in [-0.39, 0.29) is 41.4 Å². The van der Waals surface area contributed by atoms with E-state index < -0.39 is 23.2 Å². The smallest absolute Gasteiger partial charge is 0.430 e. The topological polar surface area (TPSA) is 86.2 Å². The first-order valence-electron chi connectivity index (χ1n) is 15.0. The molecule has 0 spiro atoms. The number of benzene rings is 1. The van der Waals surface area contributed by atoms with Crippen LogP contribution in [0.4, 0.5) is 19.0 Å². The molecule has 2 aliphatic heterocycles. The molecule has 2 fully saturated rings. The maximum absolute atomic E-state index is 14.3. The van der Waals surface area contributed by atoms with Crippen molar-refractivity contribution in [3.05, 3.63) is 52.7 Å². The van der Waals surface area contributed by atoms with Gasteiger partial charge in [-0.2, -0.15) is 13.2 Å². The molecule has 0 unspecified atom stereocenters. The molecule has 44 heavy (non-hydrogen) atoms. The maximum Gasteiger partial charge on any atom is 0.430 e. The number of carbonyl (C=O) groups excluding carboxylic acids is 2. The van der Waals surface area contributed by atoms with Crippen molar-refractivity contribution < 1.29 is 32.6 Å². The lowest BCUT2D eigenvalue weighted by molar-refractivity contribution is -0.262. The summed E-state index contributed by atoms with van der Waals surface area (Å²) in [5, 5.41) is 11.2. The number of likely N-dealkylation sites (tertiary alicyclic amines) is 1. The van der Waals surface area contributed by atoms with Crippen LogP contribution < -0.4 is 9.64 Å². The Morgan fingerprint density at radius 1 is 1.11 bits per heavy atom. The van der Waals surface area contributed by atoms with Crippen molar-refractivity contribution in [2.24, 2.45) is 11.3 Å². The van der Waals surface area contributed by atoms with Crippen LogP contribution in [0.2, 0.25) is 5.15 Å². The van der Waals surface area contributed by atoms with Gasteiger partial charge in [-0.05, 0) is 81.5 Å². The second kappa shape index (κ2) is 13.1. The lowest BCUT2D eigenvalue weighted by Crippen LogP contribution is -2.57. The number of aliphatic hydroxyl groups is 1. The highest BCUT2D eigenvalue weighted by molar-refractivity contribution is 6.32. The first-order valence-corrected chi connectivity index (χ1v) is 15.4. The second-order valence-corrected chi connectivity index (χ2v) is 13.2. The van der Waals surface area contributed by atoms with Gasteiger partial charge in [0, 0.05) is 45.8 Å². The fraction of sp³-hybridized carbons (Fsp3) is 0.594. The Kier molecular flexibility index (Phi) is 10.1. The van der Waals surface area contributed by atoms with E-state index in [1.165, 1.54) is 17.0 Å². The Bertz CT molecular complexity index is 1340. The van der Waals surface area contributed by atoms with Crippen LogP contribution >= 0.6 is 11.6 Å². The van der Waals surface area contributed by atoms with Crippen molar-refractivity contribution in [1.82, 2.24) is 14.8 Å². The van der Waals surface area contributed by atoms with Crippen LogP contribution in [-0.2, 0) is 10.4 Å². The van der Waals surface area contributed by atoms with E-state index in [1.54, 1.807) is 34.0 Å². The van der Waals surface area contributed by atoms with Crippen LogP contribution in [0.5, 0.6) is 5.75 Å². The van der Waals surface area contributed by atoms with Crippen molar-refractivity contribution in [2.75, 3.05) is 45.2 Å². The van der Waals surface area contributed by atoms with Gasteiger partial charge >= 0.3 is 6.18 Å². The molecule has 8 nitrogen and oxygen atoms in total. The van der Waals surface area contributed by atoms with E-state index in [4.69, 9.17) is 16.3 Å². The van der Waals surface area contributed by atoms with Gasteiger partial charge in [0.1, 0.15) is 16.7 Å². The third kappa shape index (κ3) is 7.25. The SMILES string of the molecule is CC(C)Oc1cccc([C@@](O)(C(=O)N2CCC(C)(CC3CCN(c4ccc(C(=O)N(C)C)c(Cl)n4)CC3)CC2)C(F)(F)F)c1. The van der Waals surface area contributed by atoms with Gasteiger partial charge in [-0.1, -0.05) is 30.7 Å². The standard InChI is InChI=1S/C32H42ClF3N4O4/c1-21(2)44-24-8-6-7-23(19-24)31(43,32(34,35)36)29(42)40-17-13-30(3,14-18-40)20-22-11-15-39(16-12-22)26-10-9-25(27(33)37-26)28(41)38(4)5/h6-10,19,21-22,43H,11-18,20H2,1-5H3/t31-/m1/s1. The van der Waals surface area contributed by atoms with Gasteiger partial charge in [0.2, 0.25) is 0 Å². The predicted molar refractivity (Wildman–Crippen MR) is 163 cm³/mol. The zero-order valence-corrected chi connectivity index (χ0v) is 26.7. The summed E-state index contributed by atoms with van der Waals surface area (Å²) in [5.41, 5.74) is -4.00. The molecule has 242 valence electrons. The van der Waals surface area contributed by atoms with Gasteiger partial charge in [0.25, 0.3) is 17.4 Å². The number of carbonyl (C=O) groups is 2. The number of amides is 2. The predicted octanol–water partition coefficient (Wildman–Crippen LogP) is 5.91. The molecule has 1 aromatic carbocycles. The molecule has 0 radical (unpaired) electrons. The highest BCUT2D eigenvalue weighted by Crippen LogP contribution is 2.45. The Balaban J connectivity index is 1.36. The second-order valence-electron chi connectivity index (χ2n) is 12.8. The van der Waals surface area contributed by atoms with Crippen LogP contribution in [-0.4, -0.2) is 84.3 Å². The van der Waals surface area contributed by atoms with E-state index in [0.717, 1.165) is 55.2 Å². The molecule has 2 aromatic rings. The molecule has 2 aliphatic rings. The van der Waals surface area contributed by atoms with Crippen LogP contribution in [0, 0.1) is 11.3 Å². The molecule has 1 N–H and O–H groups in total. The number of anilines is 1. The number of hydrogen-bond acceptors (Lipinski definition) is 6. The van der Waals surface area contributed by atoms with E-state index >= 15 is 0 Å². The number of alkyl halides is 3. The summed E-state index contributed by atoms with van der Waals surface area (Å²) < 4.78 is 48.5. The summed E-state index contributed by atoms with van der Waals surface area (Å²) in [5.74, 6) is -0.269. The van der Waals surface area contributed by atoms with Crippen LogP contribution in [0.25, 0.3) is 0 Å². The Hall–Kier alpha value is -3.05. The first-order chi connectivity index (χ1) is 20.5. The summed E-state index contributed by atoms with van der Waals surface area (Å²) >= 11 is 6.31. The average molecular weight is 639 g/mol. The quantitative estimate of drug-likeness (QED) is 0.362. The highest BCUT2D eigenvalue weighted by Gasteiger charge is 2.62. The third-order valence-electron chi connectivity index (χ3n) is 8.79. The van der Waals surface area contributed by atoms with E-state index in [0.29, 0.717) is 24.3 Å². The number of ether oxygens (including phenoxy) is 1. The number of halogens is 4. The van der Waals surface area contributed by atoms with Crippen molar-refractivity contribution >= 4 is 29.2 Å². The molecule has 12 heteroatoms. The Labute approximate surface area is 262 Å². The van der Waals surface area contributed by atoms with E-state index in [9.17, 15) is 27.9 Å². The molecular formula is C32H42ClF3N4O4. The minimum atomic E-state index is -5.21. The molecule has 1 atom stereocenters. The monoisotopic (exact) mass is 638 g/mol. The zero-order valence-electron chi connectivity index (χ0n) is 26.0. The van der Waals surface area contributed by atoms with Crippen molar-refractivity contribution in [3.8, 4) is 5.75 Å². The molecule has 0 bridgehead atoms. The fourth-order valence-corrected chi connectivity index (χ4v) is 6.45. The summed E-state index contributed by atoms with van der Waals surface area (Å²) in [6.45, 7) is 7.42. The molecule has 2 saturated heterocycles. The molecule has 4 rings (SSSR count). The van der Waals surface area contributed by atoms with Gasteiger partial charge in [-0.25, -0.2) is 4.98 Å². The van der Waals surface area contributed by atoms with E-state index in [1.807, 2.05) is 6.07 Å². The molecule has 2 amide bonds. The molecule has 0 saturated carbocycles. The summed E-state index contributed by atoms with van der Waals surface area (Å²) in [7, 11) is 3.32. The van der Waals surface area contributed by atoms with Gasteiger partial charge in [0.15, 0.2) is 0 Å². The molecule has 0 aliphatic carbocycles. The fourth-order valence-electron chi connectivity index (χ4n) is 6.22. The maximum atomic E-state index is 14.3. The summed E-state index contributed by atoms with van der Waals surface area (Å²) in [6, 6.07) is 8.56. The number of pyridine rings is 1. The van der Waals surface area contributed by atoms with Crippen LogP contribution in [0.15, 0.2) is 36.4 Å². The summed E-state index contributed by atoms with van der Waals surface area (Å²) in [6.07, 6.45) is -1.68. The van der Waals surface area contributed by atoms with Gasteiger partial charge < -0.3 is 24.5 Å². The van der Waals surface area contributed by atoms with Crippen molar-refractivity contribution in [1.29, 1.82) is 0 Å². The average Bonchev–Trinajstić information content (AvgIpc) is 2.96. The molecular weight excluding hydrogens is 597 g/mol. The first kappa shape index (κ1) is 33.8. The van der Waals surface area contributed by atoms with E-state index in [2.05, 4.69) is 16.8 Å². The highest BCUT2D eigenvalue weighted by atomic mass is 35.5. The number of rotatable bonds is 8. The van der Waals surface area contributed by atoms with Crippen LogP contribution in [0.3, 0.4) is 0 Å². The van der Waals surface area contributed by atoms with Gasteiger partial charge in [-0.3, -0.25) is 9.59 Å².